The molecule has 0 saturated heterocycles. The summed E-state index contributed by atoms with van der Waals surface area (Å²) in [4.78, 5) is 4.39. The number of ether oxygens (including phenoxy) is 1. The molecule has 0 unspecified atom stereocenters. The van der Waals surface area contributed by atoms with E-state index in [0.29, 0.717) is 6.04 Å². The number of anilines is 1. The molecule has 0 spiro atoms. The van der Waals surface area contributed by atoms with Gasteiger partial charge in [0.15, 0.2) is 0 Å². The maximum absolute atomic E-state index is 9.58. The lowest BCUT2D eigenvalue weighted by Crippen LogP contribution is -2.28. The number of aliphatic hydroxyl groups excluding tert-OH is 1. The van der Waals surface area contributed by atoms with Gasteiger partial charge in [0, 0.05) is 23.3 Å². The number of aromatic nitrogens is 1. The summed E-state index contributed by atoms with van der Waals surface area (Å²) < 4.78 is 5.29. The molecule has 0 amide bonds. The Kier molecular flexibility index (Phi) is 3.74. The van der Waals surface area contributed by atoms with E-state index in [1.54, 1.807) is 7.11 Å². The van der Waals surface area contributed by atoms with Crippen molar-refractivity contribution in [1.29, 1.82) is 0 Å². The SMILES string of the molecule is COc1ccc2nccc(NC3CCC(O)CC3)c2c1. The lowest BCUT2D eigenvalue weighted by Gasteiger charge is -2.27. The first-order chi connectivity index (χ1) is 9.76. The van der Waals surface area contributed by atoms with Gasteiger partial charge in [0.25, 0.3) is 0 Å². The van der Waals surface area contributed by atoms with Crippen molar-refractivity contribution in [3.8, 4) is 5.75 Å². The van der Waals surface area contributed by atoms with Crippen LogP contribution in [-0.4, -0.2) is 29.3 Å². The first-order valence-corrected chi connectivity index (χ1v) is 7.13. The molecule has 1 aliphatic rings. The minimum Gasteiger partial charge on any atom is -0.497 e. The summed E-state index contributed by atoms with van der Waals surface area (Å²) in [5.74, 6) is 0.840. The van der Waals surface area contributed by atoms with Crippen molar-refractivity contribution in [1.82, 2.24) is 4.98 Å². The zero-order chi connectivity index (χ0) is 13.9. The van der Waals surface area contributed by atoms with E-state index < -0.39 is 0 Å². The van der Waals surface area contributed by atoms with Crippen molar-refractivity contribution in [2.75, 3.05) is 12.4 Å². The maximum Gasteiger partial charge on any atom is 0.119 e. The quantitative estimate of drug-likeness (QED) is 0.902. The molecule has 4 nitrogen and oxygen atoms in total. The third-order valence-electron chi connectivity index (χ3n) is 4.01. The van der Waals surface area contributed by atoms with Crippen LogP contribution in [0, 0.1) is 0 Å². The summed E-state index contributed by atoms with van der Waals surface area (Å²) in [5, 5.41) is 14.2. The smallest absolute Gasteiger partial charge is 0.119 e. The van der Waals surface area contributed by atoms with Gasteiger partial charge in [-0.25, -0.2) is 0 Å². The molecule has 1 fully saturated rings. The van der Waals surface area contributed by atoms with Gasteiger partial charge in [0.1, 0.15) is 5.75 Å². The van der Waals surface area contributed by atoms with Crippen molar-refractivity contribution in [2.24, 2.45) is 0 Å². The van der Waals surface area contributed by atoms with E-state index >= 15 is 0 Å². The minimum absolute atomic E-state index is 0.123. The number of benzene rings is 1. The monoisotopic (exact) mass is 272 g/mol. The lowest BCUT2D eigenvalue weighted by atomic mass is 9.93. The Hall–Kier alpha value is -1.81. The fourth-order valence-corrected chi connectivity index (χ4v) is 2.82. The van der Waals surface area contributed by atoms with E-state index in [0.717, 1.165) is 48.0 Å². The van der Waals surface area contributed by atoms with Gasteiger partial charge in [-0.05, 0) is 49.9 Å². The lowest BCUT2D eigenvalue weighted by molar-refractivity contribution is 0.126. The molecule has 0 radical (unpaired) electrons. The molecule has 3 rings (SSSR count). The Bertz CT molecular complexity index is 592. The highest BCUT2D eigenvalue weighted by Crippen LogP contribution is 2.29. The minimum atomic E-state index is -0.123. The zero-order valence-electron chi connectivity index (χ0n) is 11.7. The average molecular weight is 272 g/mol. The molecular formula is C16H20N2O2. The van der Waals surface area contributed by atoms with Gasteiger partial charge in [-0.3, -0.25) is 4.98 Å². The van der Waals surface area contributed by atoms with Crippen LogP contribution in [0.25, 0.3) is 10.9 Å². The summed E-state index contributed by atoms with van der Waals surface area (Å²) in [6.07, 6.45) is 5.48. The first kappa shape index (κ1) is 13.2. The van der Waals surface area contributed by atoms with Gasteiger partial charge in [-0.15, -0.1) is 0 Å². The summed E-state index contributed by atoms with van der Waals surface area (Å²) >= 11 is 0. The Morgan fingerprint density at radius 3 is 2.75 bits per heavy atom. The van der Waals surface area contributed by atoms with Crippen LogP contribution in [0.3, 0.4) is 0 Å². The van der Waals surface area contributed by atoms with Crippen molar-refractivity contribution >= 4 is 16.6 Å². The number of methoxy groups -OCH3 is 1. The second-order valence-electron chi connectivity index (χ2n) is 5.39. The summed E-state index contributed by atoms with van der Waals surface area (Å²) in [6, 6.07) is 8.35. The third kappa shape index (κ3) is 2.70. The largest absolute Gasteiger partial charge is 0.497 e. The summed E-state index contributed by atoms with van der Waals surface area (Å²) in [6.45, 7) is 0. The van der Waals surface area contributed by atoms with Gasteiger partial charge in [0.2, 0.25) is 0 Å². The van der Waals surface area contributed by atoms with E-state index in [-0.39, 0.29) is 6.10 Å². The molecule has 2 N–H and O–H groups in total. The summed E-state index contributed by atoms with van der Waals surface area (Å²) in [7, 11) is 1.67. The van der Waals surface area contributed by atoms with Crippen LogP contribution in [0.4, 0.5) is 5.69 Å². The number of aliphatic hydroxyl groups is 1. The fraction of sp³-hybridized carbons (Fsp3) is 0.438. The number of fused-ring (bicyclic) bond motifs is 1. The maximum atomic E-state index is 9.58. The highest BCUT2D eigenvalue weighted by Gasteiger charge is 2.19. The Labute approximate surface area is 118 Å². The molecule has 1 aliphatic carbocycles. The molecule has 106 valence electrons. The molecule has 1 saturated carbocycles. The van der Waals surface area contributed by atoms with Crippen molar-refractivity contribution in [3.05, 3.63) is 30.5 Å². The number of nitrogens with one attached hydrogen (secondary N) is 1. The van der Waals surface area contributed by atoms with Crippen molar-refractivity contribution < 1.29 is 9.84 Å². The predicted octanol–water partition coefficient (Wildman–Crippen LogP) is 2.96. The van der Waals surface area contributed by atoms with Gasteiger partial charge >= 0.3 is 0 Å². The van der Waals surface area contributed by atoms with E-state index in [2.05, 4.69) is 10.3 Å². The Morgan fingerprint density at radius 2 is 2.00 bits per heavy atom. The predicted molar refractivity (Wildman–Crippen MR) is 80.2 cm³/mol. The van der Waals surface area contributed by atoms with Crippen molar-refractivity contribution in [2.45, 2.75) is 37.8 Å². The normalized spacial score (nSPS) is 22.7. The average Bonchev–Trinajstić information content (AvgIpc) is 2.49. The molecule has 0 aliphatic heterocycles. The molecular weight excluding hydrogens is 252 g/mol. The van der Waals surface area contributed by atoms with Gasteiger partial charge in [-0.2, -0.15) is 0 Å². The van der Waals surface area contributed by atoms with E-state index in [1.807, 2.05) is 30.5 Å². The van der Waals surface area contributed by atoms with Crippen LogP contribution in [0.5, 0.6) is 5.75 Å². The molecule has 1 aromatic carbocycles. The highest BCUT2D eigenvalue weighted by molar-refractivity contribution is 5.92. The van der Waals surface area contributed by atoms with Crippen LogP contribution in [0.1, 0.15) is 25.7 Å². The van der Waals surface area contributed by atoms with Gasteiger partial charge < -0.3 is 15.2 Å². The molecule has 4 heteroatoms. The standard InChI is InChI=1S/C16H20N2O2/c1-20-13-6-7-15-14(10-13)16(8-9-17-15)18-11-2-4-12(19)5-3-11/h6-12,19H,2-5H2,1H3,(H,17,18). The van der Waals surface area contributed by atoms with Crippen LogP contribution >= 0.6 is 0 Å². The van der Waals surface area contributed by atoms with Gasteiger partial charge in [0.05, 0.1) is 18.7 Å². The van der Waals surface area contributed by atoms with E-state index in [4.69, 9.17) is 4.74 Å². The van der Waals surface area contributed by atoms with Crippen LogP contribution in [0.15, 0.2) is 30.5 Å². The molecule has 0 bridgehead atoms. The van der Waals surface area contributed by atoms with Crippen LogP contribution < -0.4 is 10.1 Å². The van der Waals surface area contributed by atoms with Crippen LogP contribution in [-0.2, 0) is 0 Å². The molecule has 1 heterocycles. The Morgan fingerprint density at radius 1 is 1.20 bits per heavy atom. The molecule has 1 aromatic heterocycles. The molecule has 20 heavy (non-hydrogen) atoms. The first-order valence-electron chi connectivity index (χ1n) is 7.13. The fourth-order valence-electron chi connectivity index (χ4n) is 2.82. The molecule has 2 aromatic rings. The van der Waals surface area contributed by atoms with E-state index in [9.17, 15) is 5.11 Å². The van der Waals surface area contributed by atoms with E-state index in [1.165, 1.54) is 0 Å². The number of hydrogen-bond acceptors (Lipinski definition) is 4. The molecule has 0 atom stereocenters. The third-order valence-corrected chi connectivity index (χ3v) is 4.01. The summed E-state index contributed by atoms with van der Waals surface area (Å²) in [5.41, 5.74) is 2.06. The number of pyridine rings is 1. The number of rotatable bonds is 3. The second kappa shape index (κ2) is 5.67. The number of nitrogens with zero attached hydrogens (tertiary/aromatic N) is 1. The van der Waals surface area contributed by atoms with Crippen LogP contribution in [0.2, 0.25) is 0 Å². The second-order valence-corrected chi connectivity index (χ2v) is 5.39. The van der Waals surface area contributed by atoms with Crippen molar-refractivity contribution in [3.63, 3.8) is 0 Å². The topological polar surface area (TPSA) is 54.4 Å². The Balaban J connectivity index is 1.86. The van der Waals surface area contributed by atoms with Gasteiger partial charge in [-0.1, -0.05) is 0 Å². The number of hydrogen-bond donors (Lipinski definition) is 2. The zero-order valence-corrected chi connectivity index (χ0v) is 11.7. The highest BCUT2D eigenvalue weighted by atomic mass is 16.5.